The van der Waals surface area contributed by atoms with Gasteiger partial charge < -0.3 is 14.3 Å². The zero-order valence-corrected chi connectivity index (χ0v) is 17.2. The molecule has 0 N–H and O–H groups in total. The van der Waals surface area contributed by atoms with Crippen LogP contribution in [0.25, 0.3) is 0 Å². The van der Waals surface area contributed by atoms with Crippen molar-refractivity contribution in [3.05, 3.63) is 83.9 Å². The number of benzene rings is 2. The molecule has 1 fully saturated rings. The van der Waals surface area contributed by atoms with Gasteiger partial charge in [0.1, 0.15) is 6.29 Å². The molecular formula is C26H32O3. The van der Waals surface area contributed by atoms with Crippen molar-refractivity contribution in [3.63, 3.8) is 0 Å². The van der Waals surface area contributed by atoms with Crippen LogP contribution in [0.3, 0.4) is 0 Å². The van der Waals surface area contributed by atoms with Gasteiger partial charge in [0.05, 0.1) is 31.8 Å². The van der Waals surface area contributed by atoms with Gasteiger partial charge in [0.2, 0.25) is 0 Å². The molecule has 0 heterocycles. The average Bonchev–Trinajstić information content (AvgIpc) is 2.79. The van der Waals surface area contributed by atoms with Gasteiger partial charge in [0.25, 0.3) is 0 Å². The third kappa shape index (κ3) is 7.26. The zero-order valence-electron chi connectivity index (χ0n) is 17.2. The fourth-order valence-electron chi connectivity index (χ4n) is 3.77. The summed E-state index contributed by atoms with van der Waals surface area (Å²) in [6.07, 6.45) is 11.6. The first kappa shape index (κ1) is 21.5. The molecular weight excluding hydrogens is 360 g/mol. The lowest BCUT2D eigenvalue weighted by atomic mass is 9.85. The predicted octanol–water partition coefficient (Wildman–Crippen LogP) is 5.74. The molecule has 0 spiro atoms. The Hall–Kier alpha value is -2.23. The fourth-order valence-corrected chi connectivity index (χ4v) is 3.77. The van der Waals surface area contributed by atoms with Crippen LogP contribution < -0.4 is 0 Å². The van der Waals surface area contributed by atoms with Crippen LogP contribution in [-0.4, -0.2) is 19.5 Å². The van der Waals surface area contributed by atoms with Gasteiger partial charge in [-0.1, -0.05) is 92.1 Å². The second-order valence-corrected chi connectivity index (χ2v) is 8.07. The summed E-state index contributed by atoms with van der Waals surface area (Å²) in [6, 6.07) is 20.1. The Morgan fingerprint density at radius 1 is 0.793 bits per heavy atom. The molecule has 29 heavy (non-hydrogen) atoms. The Balaban J connectivity index is 1.62. The van der Waals surface area contributed by atoms with Crippen LogP contribution in [0.1, 0.15) is 43.2 Å². The van der Waals surface area contributed by atoms with E-state index in [1.807, 2.05) is 66.7 Å². The maximum absolute atomic E-state index is 12.2. The Morgan fingerprint density at radius 3 is 1.79 bits per heavy atom. The van der Waals surface area contributed by atoms with E-state index in [1.54, 1.807) is 0 Å². The Morgan fingerprint density at radius 2 is 1.31 bits per heavy atom. The third-order valence-electron chi connectivity index (χ3n) is 5.55. The number of hydrogen-bond donors (Lipinski definition) is 0. The molecule has 1 aliphatic carbocycles. The Kier molecular flexibility index (Phi) is 8.66. The maximum atomic E-state index is 12.2. The number of carbonyl (C=O) groups is 1. The first-order chi connectivity index (χ1) is 14.3. The summed E-state index contributed by atoms with van der Waals surface area (Å²) in [4.78, 5) is 12.2. The van der Waals surface area contributed by atoms with E-state index in [-0.39, 0.29) is 0 Å². The predicted molar refractivity (Wildman–Crippen MR) is 116 cm³/mol. The fraction of sp³-hybridized carbons (Fsp3) is 0.423. The van der Waals surface area contributed by atoms with Crippen molar-refractivity contribution >= 4 is 6.29 Å². The van der Waals surface area contributed by atoms with Gasteiger partial charge in [-0.2, -0.15) is 0 Å². The molecule has 3 heteroatoms. The number of carbonyl (C=O) groups excluding carboxylic acids is 1. The zero-order chi connectivity index (χ0) is 20.2. The second-order valence-electron chi connectivity index (χ2n) is 8.07. The number of rotatable bonds is 11. The van der Waals surface area contributed by atoms with Gasteiger partial charge in [-0.05, 0) is 29.9 Å². The van der Waals surface area contributed by atoms with Gasteiger partial charge >= 0.3 is 0 Å². The van der Waals surface area contributed by atoms with Crippen LogP contribution in [0.2, 0.25) is 0 Å². The molecule has 0 bridgehead atoms. The van der Waals surface area contributed by atoms with Gasteiger partial charge in [0.15, 0.2) is 0 Å². The van der Waals surface area contributed by atoms with Crippen molar-refractivity contribution in [3.8, 4) is 0 Å². The molecule has 0 saturated heterocycles. The van der Waals surface area contributed by atoms with Crippen molar-refractivity contribution in [2.75, 3.05) is 13.2 Å². The summed E-state index contributed by atoms with van der Waals surface area (Å²) in [5.74, 6) is 0.561. The van der Waals surface area contributed by atoms with Crippen LogP contribution in [0, 0.1) is 11.3 Å². The molecule has 0 atom stereocenters. The van der Waals surface area contributed by atoms with Crippen molar-refractivity contribution in [1.82, 2.24) is 0 Å². The minimum Gasteiger partial charge on any atom is -0.375 e. The van der Waals surface area contributed by atoms with Gasteiger partial charge in [-0.3, -0.25) is 0 Å². The Bertz CT molecular complexity index is 688. The molecule has 2 aromatic rings. The molecule has 0 radical (unpaired) electrons. The number of aldehydes is 1. The summed E-state index contributed by atoms with van der Waals surface area (Å²) in [7, 11) is 0. The lowest BCUT2D eigenvalue weighted by Gasteiger charge is -2.26. The van der Waals surface area contributed by atoms with Crippen LogP contribution in [-0.2, 0) is 27.5 Å². The summed E-state index contributed by atoms with van der Waals surface area (Å²) < 4.78 is 11.9. The van der Waals surface area contributed by atoms with E-state index < -0.39 is 5.41 Å². The molecule has 0 aliphatic heterocycles. The lowest BCUT2D eigenvalue weighted by molar-refractivity contribution is -0.121. The summed E-state index contributed by atoms with van der Waals surface area (Å²) in [5, 5.41) is 0. The molecule has 1 aliphatic rings. The summed E-state index contributed by atoms with van der Waals surface area (Å²) >= 11 is 0. The summed E-state index contributed by atoms with van der Waals surface area (Å²) in [5.41, 5.74) is 1.46. The highest BCUT2D eigenvalue weighted by atomic mass is 16.5. The molecule has 0 unspecified atom stereocenters. The molecule has 0 amide bonds. The van der Waals surface area contributed by atoms with E-state index in [4.69, 9.17) is 9.47 Å². The first-order valence-electron chi connectivity index (χ1n) is 10.7. The van der Waals surface area contributed by atoms with Gasteiger partial charge in [-0.25, -0.2) is 0 Å². The normalized spacial score (nSPS) is 15.6. The highest BCUT2D eigenvalue weighted by molar-refractivity contribution is 5.63. The van der Waals surface area contributed by atoms with E-state index in [9.17, 15) is 4.79 Å². The maximum Gasteiger partial charge on any atom is 0.134 e. The van der Waals surface area contributed by atoms with E-state index in [0.29, 0.717) is 32.3 Å². The van der Waals surface area contributed by atoms with Crippen molar-refractivity contribution in [2.45, 2.75) is 45.3 Å². The monoisotopic (exact) mass is 392 g/mol. The number of ether oxygens (including phenoxy) is 2. The van der Waals surface area contributed by atoms with E-state index in [2.05, 4.69) is 6.08 Å². The highest BCUT2D eigenvalue weighted by Gasteiger charge is 2.28. The number of hydrogen-bond acceptors (Lipinski definition) is 3. The lowest BCUT2D eigenvalue weighted by Crippen LogP contribution is -2.32. The first-order valence-corrected chi connectivity index (χ1v) is 10.7. The molecule has 3 nitrogen and oxygen atoms in total. The molecule has 2 aromatic carbocycles. The van der Waals surface area contributed by atoms with E-state index >= 15 is 0 Å². The molecule has 0 aromatic heterocycles. The van der Waals surface area contributed by atoms with E-state index in [1.165, 1.54) is 32.1 Å². The van der Waals surface area contributed by atoms with Gasteiger partial charge in [-0.15, -0.1) is 0 Å². The van der Waals surface area contributed by atoms with Crippen LogP contribution in [0.15, 0.2) is 72.8 Å². The summed E-state index contributed by atoms with van der Waals surface area (Å²) in [6.45, 7) is 1.63. The third-order valence-corrected chi connectivity index (χ3v) is 5.55. The van der Waals surface area contributed by atoms with Crippen molar-refractivity contribution < 1.29 is 14.3 Å². The number of allylic oxidation sites excluding steroid dienone is 1. The van der Waals surface area contributed by atoms with Crippen molar-refractivity contribution in [1.29, 1.82) is 0 Å². The quantitative estimate of drug-likeness (QED) is 0.361. The highest BCUT2D eigenvalue weighted by Crippen LogP contribution is 2.27. The Labute approximate surface area is 174 Å². The largest absolute Gasteiger partial charge is 0.375 e. The smallest absolute Gasteiger partial charge is 0.134 e. The van der Waals surface area contributed by atoms with Crippen LogP contribution in [0.4, 0.5) is 0 Å². The standard InChI is InChI=1S/C26H32O3/c27-20-26(17-16-23-10-4-1-5-11-23,21-28-18-24-12-6-2-7-13-24)22-29-19-25-14-8-3-9-15-25/h2-3,6-9,12-17,20,23H,1,4-5,10-11,18-19,21-22H2. The second kappa shape index (κ2) is 11.7. The minimum atomic E-state index is -0.749. The molecule has 154 valence electrons. The molecule has 3 rings (SSSR count). The SMILES string of the molecule is O=CC(C=CC1CCCCC1)(COCc1ccccc1)COCc1ccccc1. The van der Waals surface area contributed by atoms with Crippen molar-refractivity contribution in [2.24, 2.45) is 11.3 Å². The minimum absolute atomic E-state index is 0.323. The van der Waals surface area contributed by atoms with Crippen LogP contribution >= 0.6 is 0 Å². The topological polar surface area (TPSA) is 35.5 Å². The average molecular weight is 393 g/mol. The van der Waals surface area contributed by atoms with Crippen LogP contribution in [0.5, 0.6) is 0 Å². The van der Waals surface area contributed by atoms with E-state index in [0.717, 1.165) is 17.4 Å². The van der Waals surface area contributed by atoms with Gasteiger partial charge in [0, 0.05) is 0 Å². The molecule has 1 saturated carbocycles.